The van der Waals surface area contributed by atoms with Gasteiger partial charge in [-0.15, -0.1) is 0 Å². The Morgan fingerprint density at radius 3 is 2.61 bits per heavy atom. The van der Waals surface area contributed by atoms with Gasteiger partial charge in [-0.1, -0.05) is 12.1 Å². The molecule has 2 aromatic heterocycles. The monoisotopic (exact) mass is 387 g/mol. The second kappa shape index (κ2) is 7.68. The summed E-state index contributed by atoms with van der Waals surface area (Å²) >= 11 is 0. The second-order valence-electron chi connectivity index (χ2n) is 6.48. The van der Waals surface area contributed by atoms with Crippen LogP contribution in [0.1, 0.15) is 11.8 Å². The third-order valence-corrected chi connectivity index (χ3v) is 4.77. The summed E-state index contributed by atoms with van der Waals surface area (Å²) < 4.78 is 12.2. The smallest absolute Gasteiger partial charge is 0.167 e. The molecule has 0 radical (unpaired) electrons. The Morgan fingerprint density at radius 2 is 1.93 bits per heavy atom. The fraction of sp³-hybridized carbons (Fsp3) is 0.389. The average molecular weight is 387 g/mol. The van der Waals surface area contributed by atoms with Gasteiger partial charge in [-0.2, -0.15) is 0 Å². The third-order valence-electron chi connectivity index (χ3n) is 4.77. The number of rotatable bonds is 6. The summed E-state index contributed by atoms with van der Waals surface area (Å²) in [6.07, 6.45) is -1.31. The molecule has 1 fully saturated rings. The van der Waals surface area contributed by atoms with Gasteiger partial charge in [0.1, 0.15) is 30.4 Å². The molecule has 1 aliphatic heterocycles. The number of benzene rings is 1. The van der Waals surface area contributed by atoms with Gasteiger partial charge in [-0.25, -0.2) is 15.0 Å². The van der Waals surface area contributed by atoms with Crippen molar-refractivity contribution in [1.29, 1.82) is 0 Å². The van der Waals surface area contributed by atoms with Crippen molar-refractivity contribution in [3.8, 4) is 5.75 Å². The van der Waals surface area contributed by atoms with Crippen LogP contribution in [0.25, 0.3) is 11.2 Å². The van der Waals surface area contributed by atoms with Crippen LogP contribution >= 0.6 is 0 Å². The van der Waals surface area contributed by atoms with Gasteiger partial charge in [-0.05, 0) is 17.7 Å². The largest absolute Gasteiger partial charge is 0.497 e. The van der Waals surface area contributed by atoms with Crippen molar-refractivity contribution in [3.05, 3.63) is 42.5 Å². The van der Waals surface area contributed by atoms with Crippen molar-refractivity contribution in [2.75, 3.05) is 19.0 Å². The van der Waals surface area contributed by atoms with E-state index in [4.69, 9.17) is 9.47 Å². The average Bonchev–Trinajstić information content (AvgIpc) is 3.28. The van der Waals surface area contributed by atoms with Crippen molar-refractivity contribution >= 4 is 17.0 Å². The van der Waals surface area contributed by atoms with Gasteiger partial charge in [0.05, 0.1) is 20.0 Å². The number of ether oxygens (including phenoxy) is 2. The van der Waals surface area contributed by atoms with E-state index in [9.17, 15) is 15.3 Å². The highest BCUT2D eigenvalue weighted by Gasteiger charge is 2.44. The van der Waals surface area contributed by atoms with Gasteiger partial charge in [0, 0.05) is 6.54 Å². The summed E-state index contributed by atoms with van der Waals surface area (Å²) in [5, 5.41) is 32.7. The highest BCUT2D eigenvalue weighted by atomic mass is 16.6. The Kier molecular flexibility index (Phi) is 5.09. The molecule has 0 saturated carbocycles. The summed E-state index contributed by atoms with van der Waals surface area (Å²) in [6.45, 7) is 0.127. The normalized spacial score (nSPS) is 24.6. The summed E-state index contributed by atoms with van der Waals surface area (Å²) in [4.78, 5) is 12.8. The minimum absolute atomic E-state index is 0.398. The maximum Gasteiger partial charge on any atom is 0.167 e. The van der Waals surface area contributed by atoms with E-state index in [1.807, 2.05) is 24.3 Å². The standard InChI is InChI=1S/C18H21N5O5/c1-27-11-4-2-10(3-5-11)6-19-16-13-17(21-8-20-16)23(9-22-13)18-15(26)14(25)12(7-24)28-18/h2-5,8-9,12,14-15,18,24-26H,6-7H2,1H3,(H,19,20,21)/t12-,14-,15+,18?/m1/s1. The number of fused-ring (bicyclic) bond motifs is 1. The Labute approximate surface area is 160 Å². The summed E-state index contributed by atoms with van der Waals surface area (Å²) in [6, 6.07) is 7.65. The third kappa shape index (κ3) is 3.27. The van der Waals surface area contributed by atoms with Gasteiger partial charge < -0.3 is 30.1 Å². The molecule has 148 valence electrons. The topological polar surface area (TPSA) is 135 Å². The van der Waals surface area contributed by atoms with Gasteiger partial charge in [0.2, 0.25) is 0 Å². The number of nitrogens with one attached hydrogen (secondary N) is 1. The molecule has 1 saturated heterocycles. The number of nitrogens with zero attached hydrogens (tertiary/aromatic N) is 4. The van der Waals surface area contributed by atoms with Crippen LogP contribution < -0.4 is 10.1 Å². The molecule has 1 unspecified atom stereocenters. The van der Waals surface area contributed by atoms with E-state index >= 15 is 0 Å². The van der Waals surface area contributed by atoms with Crippen molar-refractivity contribution in [2.24, 2.45) is 0 Å². The zero-order valence-electron chi connectivity index (χ0n) is 15.1. The van der Waals surface area contributed by atoms with E-state index in [2.05, 4.69) is 20.3 Å². The molecular weight excluding hydrogens is 366 g/mol. The predicted octanol–water partition coefficient (Wildman–Crippen LogP) is 0.0585. The van der Waals surface area contributed by atoms with Crippen LogP contribution in [0.15, 0.2) is 36.9 Å². The number of aliphatic hydroxyl groups excluding tert-OH is 3. The molecule has 3 aromatic rings. The Hall–Kier alpha value is -2.79. The number of imidazole rings is 1. The van der Waals surface area contributed by atoms with Gasteiger partial charge in [-0.3, -0.25) is 4.57 Å². The quantitative estimate of drug-likeness (QED) is 0.463. The highest BCUT2D eigenvalue weighted by molar-refractivity contribution is 5.82. The molecule has 1 aromatic carbocycles. The predicted molar refractivity (Wildman–Crippen MR) is 98.7 cm³/mol. The molecule has 0 spiro atoms. The molecule has 4 rings (SSSR count). The number of methoxy groups -OCH3 is 1. The van der Waals surface area contributed by atoms with Crippen molar-refractivity contribution in [2.45, 2.75) is 31.1 Å². The lowest BCUT2D eigenvalue weighted by molar-refractivity contribution is -0.0511. The maximum absolute atomic E-state index is 10.3. The zero-order valence-corrected chi connectivity index (χ0v) is 15.1. The fourth-order valence-corrected chi connectivity index (χ4v) is 3.21. The van der Waals surface area contributed by atoms with E-state index in [0.29, 0.717) is 23.5 Å². The first-order chi connectivity index (χ1) is 13.6. The summed E-state index contributed by atoms with van der Waals surface area (Å²) in [5.41, 5.74) is 1.99. The number of hydrogen-bond acceptors (Lipinski definition) is 9. The van der Waals surface area contributed by atoms with Gasteiger partial charge >= 0.3 is 0 Å². The molecule has 3 heterocycles. The zero-order chi connectivity index (χ0) is 19.7. The lowest BCUT2D eigenvalue weighted by atomic mass is 10.1. The number of aromatic nitrogens is 4. The molecule has 10 nitrogen and oxygen atoms in total. The summed E-state index contributed by atoms with van der Waals surface area (Å²) in [5.74, 6) is 1.32. The van der Waals surface area contributed by atoms with Crippen LogP contribution in [0.3, 0.4) is 0 Å². The van der Waals surface area contributed by atoms with Crippen molar-refractivity contribution in [1.82, 2.24) is 19.5 Å². The van der Waals surface area contributed by atoms with E-state index < -0.39 is 31.1 Å². The van der Waals surface area contributed by atoms with E-state index in [0.717, 1.165) is 11.3 Å². The lowest BCUT2D eigenvalue weighted by Gasteiger charge is -2.16. The first kappa shape index (κ1) is 18.6. The highest BCUT2D eigenvalue weighted by Crippen LogP contribution is 2.32. The molecule has 4 atom stereocenters. The van der Waals surface area contributed by atoms with Crippen LogP contribution in [0.4, 0.5) is 5.82 Å². The van der Waals surface area contributed by atoms with E-state index in [-0.39, 0.29) is 0 Å². The number of aliphatic hydroxyl groups is 3. The van der Waals surface area contributed by atoms with Crippen molar-refractivity contribution < 1.29 is 24.8 Å². The lowest BCUT2D eigenvalue weighted by Crippen LogP contribution is -2.33. The van der Waals surface area contributed by atoms with Gasteiger partial charge in [0.15, 0.2) is 23.2 Å². The van der Waals surface area contributed by atoms with Crippen LogP contribution in [-0.4, -0.2) is 66.9 Å². The fourth-order valence-electron chi connectivity index (χ4n) is 3.21. The second-order valence-corrected chi connectivity index (χ2v) is 6.48. The molecule has 0 aliphatic carbocycles. The molecule has 10 heteroatoms. The minimum Gasteiger partial charge on any atom is -0.497 e. The van der Waals surface area contributed by atoms with Crippen LogP contribution in [0, 0.1) is 0 Å². The molecule has 4 N–H and O–H groups in total. The van der Waals surface area contributed by atoms with E-state index in [1.165, 1.54) is 17.2 Å². The van der Waals surface area contributed by atoms with Crippen LogP contribution in [0.2, 0.25) is 0 Å². The minimum atomic E-state index is -1.21. The number of anilines is 1. The van der Waals surface area contributed by atoms with E-state index in [1.54, 1.807) is 7.11 Å². The maximum atomic E-state index is 10.3. The molecule has 1 aliphatic rings. The Bertz CT molecular complexity index is 947. The molecule has 28 heavy (non-hydrogen) atoms. The SMILES string of the molecule is COc1ccc(CNc2ncnc3c2ncn3C2O[C@H](CO)[C@@H](O)[C@@H]2O)cc1. The van der Waals surface area contributed by atoms with Crippen LogP contribution in [0.5, 0.6) is 5.75 Å². The Balaban J connectivity index is 1.56. The van der Waals surface area contributed by atoms with Crippen LogP contribution in [-0.2, 0) is 11.3 Å². The first-order valence-electron chi connectivity index (χ1n) is 8.79. The first-order valence-corrected chi connectivity index (χ1v) is 8.79. The van der Waals surface area contributed by atoms with Crippen molar-refractivity contribution in [3.63, 3.8) is 0 Å². The molecule has 0 bridgehead atoms. The summed E-state index contributed by atoms with van der Waals surface area (Å²) in [7, 11) is 1.62. The molecular formula is C18H21N5O5. The Morgan fingerprint density at radius 1 is 1.14 bits per heavy atom. The van der Waals surface area contributed by atoms with Gasteiger partial charge in [0.25, 0.3) is 0 Å². The molecule has 0 amide bonds. The number of hydrogen-bond donors (Lipinski definition) is 4.